The molecule has 2 aromatic rings. The molecule has 0 aromatic heterocycles. The first kappa shape index (κ1) is 20.8. The highest BCUT2D eigenvalue weighted by Crippen LogP contribution is 2.12. The number of aliphatic imine (C=N–C) groups is 1. The zero-order valence-corrected chi connectivity index (χ0v) is 16.2. The Morgan fingerprint density at radius 3 is 2.19 bits per heavy atom. The number of rotatable bonds is 8. The van der Waals surface area contributed by atoms with E-state index in [0.29, 0.717) is 12.5 Å². The van der Waals surface area contributed by atoms with E-state index >= 15 is 0 Å². The van der Waals surface area contributed by atoms with E-state index in [2.05, 4.69) is 46.5 Å². The number of nitrogens with zero attached hydrogens (tertiary/aromatic N) is 2. The Morgan fingerprint density at radius 2 is 1.56 bits per heavy atom. The molecule has 0 aliphatic rings. The first-order valence-electron chi connectivity index (χ1n) is 9.24. The maximum atomic E-state index is 13.7. The number of hydrogen-bond acceptors (Lipinski definition) is 2. The van der Waals surface area contributed by atoms with Gasteiger partial charge in [0.15, 0.2) is 5.96 Å². The van der Waals surface area contributed by atoms with Crippen LogP contribution in [0.5, 0.6) is 0 Å². The molecular weight excluding hydrogens is 346 g/mol. The third-order valence-electron chi connectivity index (χ3n) is 4.53. The van der Waals surface area contributed by atoms with Gasteiger partial charge in [-0.05, 0) is 42.4 Å². The zero-order chi connectivity index (χ0) is 19.6. The van der Waals surface area contributed by atoms with Gasteiger partial charge in [0, 0.05) is 32.2 Å². The fourth-order valence-electron chi connectivity index (χ4n) is 2.83. The van der Waals surface area contributed by atoms with Crippen LogP contribution in [0.4, 0.5) is 8.78 Å². The molecule has 2 rings (SSSR count). The van der Waals surface area contributed by atoms with Crippen molar-refractivity contribution in [2.75, 3.05) is 20.1 Å². The number of nitrogens with one attached hydrogen (secondary N) is 2. The molecule has 27 heavy (non-hydrogen) atoms. The van der Waals surface area contributed by atoms with Gasteiger partial charge in [-0.2, -0.15) is 0 Å². The minimum Gasteiger partial charge on any atom is -0.352 e. The maximum absolute atomic E-state index is 13.7. The van der Waals surface area contributed by atoms with Gasteiger partial charge in [0.2, 0.25) is 0 Å². The number of hydrogen-bond donors (Lipinski definition) is 2. The lowest BCUT2D eigenvalue weighted by atomic mass is 10.1. The van der Waals surface area contributed by atoms with Crippen molar-refractivity contribution in [1.82, 2.24) is 15.5 Å². The highest BCUT2D eigenvalue weighted by atomic mass is 19.1. The first-order valence-corrected chi connectivity index (χ1v) is 9.24. The van der Waals surface area contributed by atoms with E-state index < -0.39 is 11.6 Å². The summed E-state index contributed by atoms with van der Waals surface area (Å²) in [4.78, 5) is 6.52. The van der Waals surface area contributed by atoms with Gasteiger partial charge in [-0.15, -0.1) is 0 Å². The van der Waals surface area contributed by atoms with E-state index in [1.165, 1.54) is 17.2 Å². The van der Waals surface area contributed by atoms with E-state index in [0.717, 1.165) is 31.8 Å². The summed E-state index contributed by atoms with van der Waals surface area (Å²) in [5.41, 5.74) is 2.71. The van der Waals surface area contributed by atoms with Crippen LogP contribution in [-0.4, -0.2) is 31.0 Å². The van der Waals surface area contributed by atoms with Crippen molar-refractivity contribution < 1.29 is 8.78 Å². The summed E-state index contributed by atoms with van der Waals surface area (Å²) in [6.07, 6.45) is 0. The molecule has 4 nitrogen and oxygen atoms in total. The van der Waals surface area contributed by atoms with Gasteiger partial charge < -0.3 is 10.6 Å². The van der Waals surface area contributed by atoms with Crippen molar-refractivity contribution in [2.24, 2.45) is 4.99 Å². The molecule has 0 heterocycles. The Labute approximate surface area is 160 Å². The SMILES string of the molecule is CCN(CC)Cc1ccccc1CNC(=NC)NCc1cc(F)ccc1F. The van der Waals surface area contributed by atoms with Crippen LogP contribution in [0.15, 0.2) is 47.5 Å². The van der Waals surface area contributed by atoms with E-state index in [4.69, 9.17) is 0 Å². The summed E-state index contributed by atoms with van der Waals surface area (Å²) in [6.45, 7) is 7.96. The Hall–Kier alpha value is -2.47. The molecule has 2 aromatic carbocycles. The number of halogens is 2. The highest BCUT2D eigenvalue weighted by molar-refractivity contribution is 5.79. The Balaban J connectivity index is 1.97. The van der Waals surface area contributed by atoms with Crippen molar-refractivity contribution in [3.05, 3.63) is 70.8 Å². The molecule has 2 N–H and O–H groups in total. The highest BCUT2D eigenvalue weighted by Gasteiger charge is 2.08. The summed E-state index contributed by atoms with van der Waals surface area (Å²) in [6, 6.07) is 11.7. The molecule has 0 unspecified atom stereocenters. The minimum atomic E-state index is -0.457. The van der Waals surface area contributed by atoms with Crippen molar-refractivity contribution >= 4 is 5.96 Å². The van der Waals surface area contributed by atoms with Crippen LogP contribution in [0.2, 0.25) is 0 Å². The van der Waals surface area contributed by atoms with Crippen molar-refractivity contribution in [3.8, 4) is 0 Å². The van der Waals surface area contributed by atoms with E-state index in [9.17, 15) is 8.78 Å². The van der Waals surface area contributed by atoms with Gasteiger partial charge in [0.25, 0.3) is 0 Å². The molecule has 0 spiro atoms. The summed E-state index contributed by atoms with van der Waals surface area (Å²) in [5.74, 6) is -0.360. The molecule has 0 saturated carbocycles. The van der Waals surface area contributed by atoms with Crippen LogP contribution in [-0.2, 0) is 19.6 Å². The lowest BCUT2D eigenvalue weighted by Gasteiger charge is -2.20. The van der Waals surface area contributed by atoms with Crippen LogP contribution in [0.1, 0.15) is 30.5 Å². The fraction of sp³-hybridized carbons (Fsp3) is 0.381. The number of guanidine groups is 1. The van der Waals surface area contributed by atoms with Gasteiger partial charge in [0.05, 0.1) is 0 Å². The van der Waals surface area contributed by atoms with Crippen LogP contribution >= 0.6 is 0 Å². The average molecular weight is 374 g/mol. The third-order valence-corrected chi connectivity index (χ3v) is 4.53. The van der Waals surface area contributed by atoms with E-state index in [1.54, 1.807) is 7.05 Å². The molecule has 0 radical (unpaired) electrons. The van der Waals surface area contributed by atoms with Gasteiger partial charge in [0.1, 0.15) is 11.6 Å². The van der Waals surface area contributed by atoms with Crippen LogP contribution < -0.4 is 10.6 Å². The largest absolute Gasteiger partial charge is 0.352 e. The summed E-state index contributed by atoms with van der Waals surface area (Å²) < 4.78 is 27.0. The lowest BCUT2D eigenvalue weighted by Crippen LogP contribution is -2.37. The van der Waals surface area contributed by atoms with Crippen LogP contribution in [0.3, 0.4) is 0 Å². The fourth-order valence-corrected chi connectivity index (χ4v) is 2.83. The van der Waals surface area contributed by atoms with E-state index in [-0.39, 0.29) is 12.1 Å². The predicted octanol–water partition coefficient (Wildman–Crippen LogP) is 3.67. The molecule has 0 aliphatic carbocycles. The maximum Gasteiger partial charge on any atom is 0.191 e. The second-order valence-electron chi connectivity index (χ2n) is 6.25. The Morgan fingerprint density at radius 1 is 0.926 bits per heavy atom. The lowest BCUT2D eigenvalue weighted by molar-refractivity contribution is 0.295. The van der Waals surface area contributed by atoms with E-state index in [1.807, 2.05) is 12.1 Å². The first-order chi connectivity index (χ1) is 13.1. The topological polar surface area (TPSA) is 39.7 Å². The molecule has 0 aliphatic heterocycles. The summed E-state index contributed by atoms with van der Waals surface area (Å²) in [7, 11) is 1.65. The van der Waals surface area contributed by atoms with Crippen LogP contribution in [0, 0.1) is 11.6 Å². The Bertz CT molecular complexity index is 758. The molecule has 0 bridgehead atoms. The molecule has 146 valence electrons. The molecule has 0 amide bonds. The standard InChI is InChI=1S/C21H28F2N4/c1-4-27(5-2)15-17-9-7-6-8-16(17)13-25-21(24-3)26-14-18-12-19(22)10-11-20(18)23/h6-12H,4-5,13-15H2,1-3H3,(H2,24,25,26). The average Bonchev–Trinajstić information content (AvgIpc) is 2.69. The van der Waals surface area contributed by atoms with Crippen molar-refractivity contribution in [1.29, 1.82) is 0 Å². The van der Waals surface area contributed by atoms with Crippen LogP contribution in [0.25, 0.3) is 0 Å². The van der Waals surface area contributed by atoms with Gasteiger partial charge in [-0.3, -0.25) is 9.89 Å². The monoisotopic (exact) mass is 374 g/mol. The number of benzene rings is 2. The smallest absolute Gasteiger partial charge is 0.191 e. The Kier molecular flexibility index (Phi) is 8.20. The third kappa shape index (κ3) is 6.32. The summed E-state index contributed by atoms with van der Waals surface area (Å²) >= 11 is 0. The zero-order valence-electron chi connectivity index (χ0n) is 16.2. The van der Waals surface area contributed by atoms with Crippen molar-refractivity contribution in [3.63, 3.8) is 0 Å². The van der Waals surface area contributed by atoms with Gasteiger partial charge in [-0.1, -0.05) is 38.1 Å². The quantitative estimate of drug-likeness (QED) is 0.547. The molecule has 0 atom stereocenters. The predicted molar refractivity (Wildman–Crippen MR) is 106 cm³/mol. The summed E-state index contributed by atoms with van der Waals surface area (Å²) in [5, 5.41) is 6.27. The molecule has 0 saturated heterocycles. The minimum absolute atomic E-state index is 0.157. The van der Waals surface area contributed by atoms with Gasteiger partial charge in [-0.25, -0.2) is 8.78 Å². The second kappa shape index (κ2) is 10.6. The molecule has 0 fully saturated rings. The normalized spacial score (nSPS) is 11.7. The van der Waals surface area contributed by atoms with Crippen molar-refractivity contribution in [2.45, 2.75) is 33.5 Å². The molecular formula is C21H28F2N4. The van der Waals surface area contributed by atoms with Gasteiger partial charge >= 0.3 is 0 Å². The molecule has 6 heteroatoms. The second-order valence-corrected chi connectivity index (χ2v) is 6.25.